The number of hydrogen-bond acceptors (Lipinski definition) is 3. The van der Waals surface area contributed by atoms with Crippen LogP contribution in [0, 0.1) is 13.8 Å². The van der Waals surface area contributed by atoms with Crippen LogP contribution in [0.3, 0.4) is 0 Å². The minimum absolute atomic E-state index is 0.240. The molecule has 0 saturated carbocycles. The van der Waals surface area contributed by atoms with Crippen molar-refractivity contribution in [1.82, 2.24) is 0 Å². The quantitative estimate of drug-likeness (QED) is 0.942. The number of aliphatic hydroxyl groups excluding tert-OH is 1. The molecule has 0 amide bonds. The van der Waals surface area contributed by atoms with Crippen LogP contribution in [0.1, 0.15) is 22.8 Å². The van der Waals surface area contributed by atoms with Crippen molar-refractivity contribution in [2.45, 2.75) is 24.8 Å². The molecule has 0 aliphatic rings. The average Bonchev–Trinajstić information content (AvgIpc) is 2.39. The van der Waals surface area contributed by atoms with Gasteiger partial charge in [-0.25, -0.2) is 8.42 Å². The van der Waals surface area contributed by atoms with Crippen LogP contribution < -0.4 is 0 Å². The van der Waals surface area contributed by atoms with Crippen molar-refractivity contribution in [3.05, 3.63) is 65.2 Å². The number of aryl methyl sites for hydroxylation is 2. The summed E-state index contributed by atoms with van der Waals surface area (Å²) in [5.41, 5.74) is 2.65. The first-order valence-corrected chi connectivity index (χ1v) is 8.08. The molecule has 0 spiro atoms. The third kappa shape index (κ3) is 3.26. The number of hydrogen-bond donors (Lipinski definition) is 1. The Labute approximate surface area is 119 Å². The van der Waals surface area contributed by atoms with Crippen molar-refractivity contribution in [2.24, 2.45) is 0 Å². The van der Waals surface area contributed by atoms with Crippen LogP contribution in [-0.2, 0) is 9.84 Å². The lowest BCUT2D eigenvalue weighted by Crippen LogP contribution is -2.15. The van der Waals surface area contributed by atoms with Gasteiger partial charge in [-0.3, -0.25) is 0 Å². The van der Waals surface area contributed by atoms with Crippen molar-refractivity contribution in [3.63, 3.8) is 0 Å². The van der Waals surface area contributed by atoms with E-state index in [9.17, 15) is 13.5 Å². The maximum atomic E-state index is 12.2. The molecule has 0 radical (unpaired) electrons. The predicted octanol–water partition coefficient (Wildman–Crippen LogP) is 2.81. The second-order valence-corrected chi connectivity index (χ2v) is 7.00. The summed E-state index contributed by atoms with van der Waals surface area (Å²) in [6, 6.07) is 13.8. The van der Waals surface area contributed by atoms with E-state index >= 15 is 0 Å². The molecule has 0 aliphatic heterocycles. The highest BCUT2D eigenvalue weighted by molar-refractivity contribution is 7.91. The Morgan fingerprint density at radius 2 is 1.70 bits per heavy atom. The Kier molecular flexibility index (Phi) is 4.26. The van der Waals surface area contributed by atoms with Crippen molar-refractivity contribution in [3.8, 4) is 0 Å². The molecule has 20 heavy (non-hydrogen) atoms. The van der Waals surface area contributed by atoms with E-state index < -0.39 is 15.9 Å². The fourth-order valence-corrected chi connectivity index (χ4v) is 3.58. The molecule has 2 rings (SSSR count). The van der Waals surface area contributed by atoms with Gasteiger partial charge in [-0.2, -0.15) is 0 Å². The Bertz CT molecular complexity index is 691. The lowest BCUT2D eigenvalue weighted by Gasteiger charge is -2.14. The molecule has 1 atom stereocenters. The molecule has 2 aromatic carbocycles. The highest BCUT2D eigenvalue weighted by Gasteiger charge is 2.21. The van der Waals surface area contributed by atoms with Crippen LogP contribution in [0.2, 0.25) is 0 Å². The van der Waals surface area contributed by atoms with E-state index in [-0.39, 0.29) is 10.6 Å². The summed E-state index contributed by atoms with van der Waals surface area (Å²) in [7, 11) is -3.48. The zero-order valence-corrected chi connectivity index (χ0v) is 12.4. The van der Waals surface area contributed by atoms with Crippen LogP contribution in [0.4, 0.5) is 0 Å². The minimum Gasteiger partial charge on any atom is -0.387 e. The second-order valence-electron chi connectivity index (χ2n) is 4.97. The molecule has 0 saturated heterocycles. The fraction of sp³-hybridized carbons (Fsp3) is 0.250. The van der Waals surface area contributed by atoms with Crippen LogP contribution in [0.15, 0.2) is 53.4 Å². The van der Waals surface area contributed by atoms with Gasteiger partial charge in [-0.05, 0) is 37.1 Å². The van der Waals surface area contributed by atoms with E-state index in [4.69, 9.17) is 0 Å². The molecule has 1 N–H and O–H groups in total. The first-order valence-electron chi connectivity index (χ1n) is 6.43. The monoisotopic (exact) mass is 290 g/mol. The first kappa shape index (κ1) is 14.8. The summed E-state index contributed by atoms with van der Waals surface area (Å²) >= 11 is 0. The third-order valence-electron chi connectivity index (χ3n) is 3.26. The highest BCUT2D eigenvalue weighted by atomic mass is 32.2. The molecule has 3 nitrogen and oxygen atoms in total. The zero-order chi connectivity index (χ0) is 14.8. The molecule has 0 fully saturated rings. The molecular formula is C16H18O3S. The Balaban J connectivity index is 2.25. The smallest absolute Gasteiger partial charge is 0.181 e. The summed E-state index contributed by atoms with van der Waals surface area (Å²) in [6.07, 6.45) is -1.01. The normalized spacial score (nSPS) is 13.2. The summed E-state index contributed by atoms with van der Waals surface area (Å²) in [6.45, 7) is 3.84. The molecule has 106 valence electrons. The first-order chi connectivity index (χ1) is 9.40. The topological polar surface area (TPSA) is 54.4 Å². The van der Waals surface area contributed by atoms with Crippen LogP contribution in [0.25, 0.3) is 0 Å². The molecule has 2 aromatic rings. The van der Waals surface area contributed by atoms with E-state index in [0.29, 0.717) is 5.56 Å². The van der Waals surface area contributed by atoms with Crippen molar-refractivity contribution >= 4 is 9.84 Å². The van der Waals surface area contributed by atoms with Gasteiger partial charge in [-0.15, -0.1) is 0 Å². The maximum Gasteiger partial charge on any atom is 0.181 e. The van der Waals surface area contributed by atoms with Gasteiger partial charge in [0.15, 0.2) is 9.84 Å². The Hall–Kier alpha value is -1.65. The molecule has 0 heterocycles. The summed E-state index contributed by atoms with van der Waals surface area (Å²) < 4.78 is 24.5. The standard InChI is InChI=1S/C16H18O3S/c1-12-8-9-15(13(2)10-12)16(17)11-20(18,19)14-6-4-3-5-7-14/h3-10,16-17H,11H2,1-2H3. The Morgan fingerprint density at radius 1 is 1.05 bits per heavy atom. The van der Waals surface area contributed by atoms with Gasteiger partial charge in [-0.1, -0.05) is 42.0 Å². The van der Waals surface area contributed by atoms with E-state index in [2.05, 4.69) is 0 Å². The number of benzene rings is 2. The van der Waals surface area contributed by atoms with E-state index in [1.165, 1.54) is 0 Å². The van der Waals surface area contributed by atoms with E-state index in [0.717, 1.165) is 11.1 Å². The van der Waals surface area contributed by atoms with Gasteiger partial charge in [0.05, 0.1) is 16.8 Å². The summed E-state index contributed by atoms with van der Waals surface area (Å²) in [5, 5.41) is 10.2. The number of rotatable bonds is 4. The molecule has 0 aromatic heterocycles. The Morgan fingerprint density at radius 3 is 2.30 bits per heavy atom. The predicted molar refractivity (Wildman–Crippen MR) is 79.4 cm³/mol. The van der Waals surface area contributed by atoms with Crippen LogP contribution >= 0.6 is 0 Å². The number of aliphatic hydroxyl groups is 1. The van der Waals surface area contributed by atoms with E-state index in [1.807, 2.05) is 26.0 Å². The third-order valence-corrected chi connectivity index (χ3v) is 5.01. The molecule has 0 aliphatic carbocycles. The average molecular weight is 290 g/mol. The maximum absolute atomic E-state index is 12.2. The zero-order valence-electron chi connectivity index (χ0n) is 11.6. The lowest BCUT2D eigenvalue weighted by atomic mass is 10.0. The molecule has 0 bridgehead atoms. The summed E-state index contributed by atoms with van der Waals surface area (Å²) in [5.74, 6) is -0.305. The van der Waals surface area contributed by atoms with E-state index in [1.54, 1.807) is 36.4 Å². The fourth-order valence-electron chi connectivity index (χ4n) is 2.22. The van der Waals surface area contributed by atoms with Gasteiger partial charge >= 0.3 is 0 Å². The van der Waals surface area contributed by atoms with Crippen molar-refractivity contribution in [1.29, 1.82) is 0 Å². The molecule has 1 unspecified atom stereocenters. The SMILES string of the molecule is Cc1ccc(C(O)CS(=O)(=O)c2ccccc2)c(C)c1. The van der Waals surface area contributed by atoms with Crippen molar-refractivity contribution in [2.75, 3.05) is 5.75 Å². The molecule has 4 heteroatoms. The second kappa shape index (κ2) is 5.77. The summed E-state index contributed by atoms with van der Waals surface area (Å²) in [4.78, 5) is 0.240. The van der Waals surface area contributed by atoms with Gasteiger partial charge in [0.2, 0.25) is 0 Å². The number of sulfone groups is 1. The minimum atomic E-state index is -3.48. The van der Waals surface area contributed by atoms with Gasteiger partial charge < -0.3 is 5.11 Å². The van der Waals surface area contributed by atoms with Gasteiger partial charge in [0.1, 0.15) is 0 Å². The molecular weight excluding hydrogens is 272 g/mol. The lowest BCUT2D eigenvalue weighted by molar-refractivity contribution is 0.201. The largest absolute Gasteiger partial charge is 0.387 e. The van der Waals surface area contributed by atoms with Crippen LogP contribution in [0.5, 0.6) is 0 Å². The van der Waals surface area contributed by atoms with Gasteiger partial charge in [0.25, 0.3) is 0 Å². The highest BCUT2D eigenvalue weighted by Crippen LogP contribution is 2.23. The van der Waals surface area contributed by atoms with Crippen LogP contribution in [-0.4, -0.2) is 19.3 Å². The van der Waals surface area contributed by atoms with Crippen molar-refractivity contribution < 1.29 is 13.5 Å². The van der Waals surface area contributed by atoms with Gasteiger partial charge in [0, 0.05) is 0 Å².